The van der Waals surface area contributed by atoms with Crippen molar-refractivity contribution in [2.75, 3.05) is 14.2 Å². The maximum absolute atomic E-state index is 10.9. The SMILES string of the molecule is COc1ccc(C2(O)CC3CCC(C2)O3)cc1OC. The minimum absolute atomic E-state index is 0.192. The van der Waals surface area contributed by atoms with Gasteiger partial charge in [-0.3, -0.25) is 0 Å². The summed E-state index contributed by atoms with van der Waals surface area (Å²) in [6.45, 7) is 0. The Bertz CT molecular complexity index is 459. The molecule has 2 bridgehead atoms. The van der Waals surface area contributed by atoms with Crippen molar-refractivity contribution in [2.45, 2.75) is 43.5 Å². The quantitative estimate of drug-likeness (QED) is 0.909. The topological polar surface area (TPSA) is 47.9 Å². The lowest BCUT2D eigenvalue weighted by Gasteiger charge is -2.37. The maximum Gasteiger partial charge on any atom is 0.161 e. The highest BCUT2D eigenvalue weighted by Crippen LogP contribution is 2.45. The Morgan fingerprint density at radius 2 is 1.74 bits per heavy atom. The van der Waals surface area contributed by atoms with Crippen molar-refractivity contribution < 1.29 is 19.3 Å². The Kier molecular flexibility index (Phi) is 3.15. The molecule has 104 valence electrons. The molecule has 1 aromatic rings. The van der Waals surface area contributed by atoms with Gasteiger partial charge in [-0.25, -0.2) is 0 Å². The molecule has 4 heteroatoms. The molecule has 0 aromatic heterocycles. The van der Waals surface area contributed by atoms with E-state index in [9.17, 15) is 5.11 Å². The molecule has 0 radical (unpaired) electrons. The van der Waals surface area contributed by atoms with Gasteiger partial charge >= 0.3 is 0 Å². The van der Waals surface area contributed by atoms with Crippen molar-refractivity contribution in [2.24, 2.45) is 0 Å². The van der Waals surface area contributed by atoms with Gasteiger partial charge in [-0.2, -0.15) is 0 Å². The van der Waals surface area contributed by atoms with Crippen molar-refractivity contribution in [3.8, 4) is 11.5 Å². The monoisotopic (exact) mass is 264 g/mol. The largest absolute Gasteiger partial charge is 0.493 e. The molecule has 0 spiro atoms. The van der Waals surface area contributed by atoms with E-state index in [1.165, 1.54) is 0 Å². The molecule has 2 atom stereocenters. The van der Waals surface area contributed by atoms with Crippen LogP contribution in [0, 0.1) is 0 Å². The van der Waals surface area contributed by atoms with Gasteiger partial charge in [0.25, 0.3) is 0 Å². The van der Waals surface area contributed by atoms with Crippen LogP contribution in [-0.4, -0.2) is 31.5 Å². The number of hydrogen-bond acceptors (Lipinski definition) is 4. The Morgan fingerprint density at radius 1 is 1.11 bits per heavy atom. The molecule has 2 heterocycles. The second kappa shape index (κ2) is 4.69. The molecule has 1 N–H and O–H groups in total. The molecule has 2 fully saturated rings. The van der Waals surface area contributed by atoms with E-state index in [2.05, 4.69) is 0 Å². The van der Waals surface area contributed by atoms with Gasteiger partial charge < -0.3 is 19.3 Å². The molecular formula is C15H20O4. The Morgan fingerprint density at radius 3 is 2.32 bits per heavy atom. The van der Waals surface area contributed by atoms with E-state index in [-0.39, 0.29) is 12.2 Å². The van der Waals surface area contributed by atoms with Gasteiger partial charge in [-0.15, -0.1) is 0 Å². The summed E-state index contributed by atoms with van der Waals surface area (Å²) in [6.07, 6.45) is 3.83. The lowest BCUT2D eigenvalue weighted by Crippen LogP contribution is -2.38. The van der Waals surface area contributed by atoms with E-state index >= 15 is 0 Å². The predicted molar refractivity (Wildman–Crippen MR) is 70.6 cm³/mol. The molecule has 0 aliphatic carbocycles. The lowest BCUT2D eigenvalue weighted by molar-refractivity contribution is -0.115. The molecule has 2 aliphatic rings. The first-order valence-corrected chi connectivity index (χ1v) is 6.75. The third kappa shape index (κ3) is 2.19. The van der Waals surface area contributed by atoms with Crippen molar-refractivity contribution >= 4 is 0 Å². The van der Waals surface area contributed by atoms with Crippen LogP contribution >= 0.6 is 0 Å². The molecule has 2 saturated heterocycles. The van der Waals surface area contributed by atoms with Gasteiger partial charge in [0.1, 0.15) is 0 Å². The summed E-state index contributed by atoms with van der Waals surface area (Å²) in [4.78, 5) is 0. The van der Waals surface area contributed by atoms with E-state index in [1.807, 2.05) is 18.2 Å². The first-order valence-electron chi connectivity index (χ1n) is 6.75. The van der Waals surface area contributed by atoms with Crippen LogP contribution in [0.5, 0.6) is 11.5 Å². The highest BCUT2D eigenvalue weighted by molar-refractivity contribution is 5.44. The molecule has 0 saturated carbocycles. The number of ether oxygens (including phenoxy) is 3. The predicted octanol–water partition coefficient (Wildman–Crippen LogP) is 2.23. The summed E-state index contributed by atoms with van der Waals surface area (Å²) in [5, 5.41) is 10.9. The van der Waals surface area contributed by atoms with Crippen LogP contribution < -0.4 is 9.47 Å². The summed E-state index contributed by atoms with van der Waals surface area (Å²) in [7, 11) is 3.22. The second-order valence-electron chi connectivity index (χ2n) is 5.47. The first-order chi connectivity index (χ1) is 9.14. The van der Waals surface area contributed by atoms with Crippen LogP contribution in [0.3, 0.4) is 0 Å². The van der Waals surface area contributed by atoms with Gasteiger partial charge in [0.05, 0.1) is 32.0 Å². The highest BCUT2D eigenvalue weighted by atomic mass is 16.5. The summed E-state index contributed by atoms with van der Waals surface area (Å²) < 4.78 is 16.3. The van der Waals surface area contributed by atoms with Crippen LogP contribution in [-0.2, 0) is 10.3 Å². The highest BCUT2D eigenvalue weighted by Gasteiger charge is 2.44. The zero-order valence-corrected chi connectivity index (χ0v) is 11.4. The van der Waals surface area contributed by atoms with E-state index in [4.69, 9.17) is 14.2 Å². The van der Waals surface area contributed by atoms with Crippen molar-refractivity contribution in [1.29, 1.82) is 0 Å². The van der Waals surface area contributed by atoms with Crippen molar-refractivity contribution in [3.63, 3.8) is 0 Å². The van der Waals surface area contributed by atoms with Gasteiger partial charge in [0, 0.05) is 12.8 Å². The van der Waals surface area contributed by atoms with Gasteiger partial charge in [-0.05, 0) is 30.5 Å². The Labute approximate surface area is 113 Å². The van der Waals surface area contributed by atoms with E-state index in [0.717, 1.165) is 18.4 Å². The molecule has 19 heavy (non-hydrogen) atoms. The van der Waals surface area contributed by atoms with E-state index < -0.39 is 5.60 Å². The van der Waals surface area contributed by atoms with Crippen LogP contribution in [0.25, 0.3) is 0 Å². The number of hydrogen-bond donors (Lipinski definition) is 1. The average molecular weight is 264 g/mol. The van der Waals surface area contributed by atoms with Gasteiger partial charge in [0.15, 0.2) is 11.5 Å². The summed E-state index contributed by atoms with van der Waals surface area (Å²) in [5.74, 6) is 1.34. The Balaban J connectivity index is 1.93. The van der Waals surface area contributed by atoms with Crippen LogP contribution in [0.4, 0.5) is 0 Å². The van der Waals surface area contributed by atoms with Crippen molar-refractivity contribution in [1.82, 2.24) is 0 Å². The molecule has 0 amide bonds. The molecule has 3 rings (SSSR count). The van der Waals surface area contributed by atoms with E-state index in [0.29, 0.717) is 24.3 Å². The van der Waals surface area contributed by atoms with Crippen LogP contribution in [0.1, 0.15) is 31.2 Å². The van der Waals surface area contributed by atoms with E-state index in [1.54, 1.807) is 14.2 Å². The normalized spacial score (nSPS) is 33.2. The molecule has 2 aliphatic heterocycles. The third-order valence-corrected chi connectivity index (χ3v) is 4.25. The number of fused-ring (bicyclic) bond motifs is 2. The molecule has 4 nitrogen and oxygen atoms in total. The first kappa shape index (κ1) is 12.8. The number of rotatable bonds is 3. The van der Waals surface area contributed by atoms with Gasteiger partial charge in [-0.1, -0.05) is 6.07 Å². The number of benzene rings is 1. The fourth-order valence-electron chi connectivity index (χ4n) is 3.28. The van der Waals surface area contributed by atoms with Crippen molar-refractivity contribution in [3.05, 3.63) is 23.8 Å². The standard InChI is InChI=1S/C15H20O4/c1-17-13-6-3-10(7-14(13)18-2)15(16)8-11-4-5-12(9-15)19-11/h3,6-7,11-12,16H,4-5,8-9H2,1-2H3. The zero-order valence-electron chi connectivity index (χ0n) is 11.4. The van der Waals surface area contributed by atoms with Crippen LogP contribution in [0.2, 0.25) is 0 Å². The molecule has 2 unspecified atom stereocenters. The fraction of sp³-hybridized carbons (Fsp3) is 0.600. The minimum atomic E-state index is -0.802. The molecular weight excluding hydrogens is 244 g/mol. The lowest BCUT2D eigenvalue weighted by atomic mass is 9.83. The second-order valence-corrected chi connectivity index (χ2v) is 5.47. The Hall–Kier alpha value is -1.26. The maximum atomic E-state index is 10.9. The third-order valence-electron chi connectivity index (χ3n) is 4.25. The molecule has 1 aromatic carbocycles. The average Bonchev–Trinajstić information content (AvgIpc) is 2.77. The summed E-state index contributed by atoms with van der Waals surface area (Å²) >= 11 is 0. The number of methoxy groups -OCH3 is 2. The fourth-order valence-corrected chi connectivity index (χ4v) is 3.28. The summed E-state index contributed by atoms with van der Waals surface area (Å²) in [5.41, 5.74) is 0.0919. The summed E-state index contributed by atoms with van der Waals surface area (Å²) in [6, 6.07) is 5.65. The van der Waals surface area contributed by atoms with Crippen LogP contribution in [0.15, 0.2) is 18.2 Å². The number of aliphatic hydroxyl groups is 1. The smallest absolute Gasteiger partial charge is 0.161 e. The minimum Gasteiger partial charge on any atom is -0.493 e. The van der Waals surface area contributed by atoms with Gasteiger partial charge in [0.2, 0.25) is 0 Å². The zero-order chi connectivity index (χ0) is 13.5.